The first kappa shape index (κ1) is 23.8. The van der Waals surface area contributed by atoms with Gasteiger partial charge in [0.2, 0.25) is 0 Å². The molecule has 2 N–H and O–H groups in total. The average molecular weight is 511 g/mol. The van der Waals surface area contributed by atoms with Crippen LogP contribution in [0.15, 0.2) is 42.7 Å². The summed E-state index contributed by atoms with van der Waals surface area (Å²) >= 11 is 0. The molecular formula is C28H26N6O4. The largest absolute Gasteiger partial charge is 0.486 e. The number of aryl methyl sites for hydroxylation is 2. The first-order valence-corrected chi connectivity index (χ1v) is 12.5. The molecule has 0 bridgehead atoms. The summed E-state index contributed by atoms with van der Waals surface area (Å²) in [4.78, 5) is 45.2. The Hall–Kier alpha value is -4.60. The Balaban J connectivity index is 1.21. The maximum Gasteiger partial charge on any atom is 0.272 e. The molecule has 2 aliphatic rings. The van der Waals surface area contributed by atoms with E-state index < -0.39 is 0 Å². The van der Waals surface area contributed by atoms with Crippen LogP contribution in [0.2, 0.25) is 0 Å². The van der Waals surface area contributed by atoms with Gasteiger partial charge in [0, 0.05) is 31.1 Å². The molecule has 0 saturated carbocycles. The smallest absolute Gasteiger partial charge is 0.272 e. The Kier molecular flexibility index (Phi) is 5.86. The summed E-state index contributed by atoms with van der Waals surface area (Å²) in [6, 6.07) is 11.4. The number of ether oxygens (including phenoxy) is 1. The van der Waals surface area contributed by atoms with E-state index in [0.29, 0.717) is 29.0 Å². The molecule has 6 rings (SSSR count). The molecule has 3 heterocycles. The maximum atomic E-state index is 13.1. The third kappa shape index (κ3) is 4.27. The standard InChI is InChI=1S/C28H26N6O4/c1-15(35)17-4-6-21-18(10-17)5-7-22(21)32-27-25-24(33-34(27)2)26(31-14-30-25)28(37)29-12-16-3-8-23-19(9-16)11-20(36)13-38-23/h3-4,6,8-10,14,22,32H,5,7,11-13H2,1-2H3,(H,29,37). The second-order valence-electron chi connectivity index (χ2n) is 9.73. The lowest BCUT2D eigenvalue weighted by Crippen LogP contribution is -2.25. The molecule has 1 aliphatic carbocycles. The molecule has 1 atom stereocenters. The van der Waals surface area contributed by atoms with Gasteiger partial charge in [0.25, 0.3) is 5.91 Å². The lowest BCUT2D eigenvalue weighted by atomic mass is 10.0. The summed E-state index contributed by atoms with van der Waals surface area (Å²) in [5, 5.41) is 11.0. The molecule has 1 unspecified atom stereocenters. The van der Waals surface area contributed by atoms with E-state index in [9.17, 15) is 14.4 Å². The number of fused-ring (bicyclic) bond motifs is 3. The van der Waals surface area contributed by atoms with E-state index >= 15 is 0 Å². The molecule has 0 fully saturated rings. The highest BCUT2D eigenvalue weighted by atomic mass is 16.5. The molecule has 2 aromatic carbocycles. The quantitative estimate of drug-likeness (QED) is 0.379. The van der Waals surface area contributed by atoms with Crippen molar-refractivity contribution in [3.63, 3.8) is 0 Å². The Morgan fingerprint density at radius 2 is 1.97 bits per heavy atom. The molecule has 1 aliphatic heterocycles. The summed E-state index contributed by atoms with van der Waals surface area (Å²) in [6.45, 7) is 1.94. The van der Waals surface area contributed by atoms with Gasteiger partial charge in [-0.05, 0) is 54.7 Å². The average Bonchev–Trinajstić information content (AvgIpc) is 3.46. The van der Waals surface area contributed by atoms with Crippen LogP contribution in [-0.4, -0.2) is 43.8 Å². The van der Waals surface area contributed by atoms with Crippen molar-refractivity contribution in [2.24, 2.45) is 7.05 Å². The number of carbonyl (C=O) groups is 3. The molecule has 0 saturated heterocycles. The summed E-state index contributed by atoms with van der Waals surface area (Å²) in [7, 11) is 1.80. The predicted octanol–water partition coefficient (Wildman–Crippen LogP) is 3.10. The monoisotopic (exact) mass is 510 g/mol. The number of benzene rings is 2. The Bertz CT molecular complexity index is 1630. The molecule has 10 nitrogen and oxygen atoms in total. The number of rotatable bonds is 6. The van der Waals surface area contributed by atoms with Crippen molar-refractivity contribution in [2.45, 2.75) is 38.8 Å². The number of anilines is 1. The van der Waals surface area contributed by atoms with Gasteiger partial charge in [0.05, 0.1) is 6.04 Å². The molecule has 38 heavy (non-hydrogen) atoms. The van der Waals surface area contributed by atoms with Crippen molar-refractivity contribution in [1.29, 1.82) is 0 Å². The highest BCUT2D eigenvalue weighted by molar-refractivity contribution is 6.05. The number of aromatic nitrogens is 4. The Morgan fingerprint density at radius 3 is 2.82 bits per heavy atom. The van der Waals surface area contributed by atoms with Crippen LogP contribution in [0, 0.1) is 0 Å². The van der Waals surface area contributed by atoms with Crippen LogP contribution in [-0.2, 0) is 31.2 Å². The number of hydrogen-bond acceptors (Lipinski definition) is 8. The van der Waals surface area contributed by atoms with Crippen molar-refractivity contribution >= 4 is 34.3 Å². The van der Waals surface area contributed by atoms with E-state index in [1.807, 2.05) is 36.4 Å². The van der Waals surface area contributed by atoms with Crippen LogP contribution in [0.4, 0.5) is 5.82 Å². The Morgan fingerprint density at radius 1 is 1.11 bits per heavy atom. The van der Waals surface area contributed by atoms with Crippen LogP contribution in [0.1, 0.15) is 62.5 Å². The van der Waals surface area contributed by atoms with Gasteiger partial charge in [-0.3, -0.25) is 19.1 Å². The first-order valence-electron chi connectivity index (χ1n) is 12.5. The zero-order valence-electron chi connectivity index (χ0n) is 21.1. The highest BCUT2D eigenvalue weighted by Crippen LogP contribution is 2.36. The topological polar surface area (TPSA) is 128 Å². The fourth-order valence-electron chi connectivity index (χ4n) is 5.19. The predicted molar refractivity (Wildman–Crippen MR) is 139 cm³/mol. The van der Waals surface area contributed by atoms with Crippen molar-refractivity contribution in [2.75, 3.05) is 11.9 Å². The van der Waals surface area contributed by atoms with Gasteiger partial charge >= 0.3 is 0 Å². The summed E-state index contributed by atoms with van der Waals surface area (Å²) in [5.74, 6) is 1.12. The molecule has 1 amide bonds. The van der Waals surface area contributed by atoms with Gasteiger partial charge < -0.3 is 15.4 Å². The molecule has 192 valence electrons. The summed E-state index contributed by atoms with van der Waals surface area (Å²) in [5.41, 5.74) is 5.86. The summed E-state index contributed by atoms with van der Waals surface area (Å²) in [6.07, 6.45) is 3.44. The molecule has 0 spiro atoms. The van der Waals surface area contributed by atoms with Gasteiger partial charge in [-0.2, -0.15) is 5.10 Å². The fourth-order valence-corrected chi connectivity index (χ4v) is 5.19. The third-order valence-electron chi connectivity index (χ3n) is 7.13. The van der Waals surface area contributed by atoms with Crippen LogP contribution in [0.25, 0.3) is 11.0 Å². The lowest BCUT2D eigenvalue weighted by molar-refractivity contribution is -0.121. The van der Waals surface area contributed by atoms with Crippen molar-refractivity contribution in [3.8, 4) is 5.75 Å². The normalized spacial score (nSPS) is 16.1. The van der Waals surface area contributed by atoms with Gasteiger partial charge in [-0.1, -0.05) is 18.2 Å². The fraction of sp³-hybridized carbons (Fsp3) is 0.286. The van der Waals surface area contributed by atoms with Crippen molar-refractivity contribution in [3.05, 3.63) is 76.2 Å². The summed E-state index contributed by atoms with van der Waals surface area (Å²) < 4.78 is 7.12. The SMILES string of the molecule is CC(=O)c1ccc2c(c1)CCC2Nc1c2ncnc(C(=O)NCc3ccc4c(c3)CC(=O)CO4)c2nn1C. The first-order chi connectivity index (χ1) is 18.4. The minimum Gasteiger partial charge on any atom is -0.486 e. The second-order valence-corrected chi connectivity index (χ2v) is 9.73. The Labute approximate surface area is 218 Å². The van der Waals surface area contributed by atoms with Crippen LogP contribution in [0.5, 0.6) is 5.75 Å². The molecule has 0 radical (unpaired) electrons. The van der Waals surface area contributed by atoms with Crippen LogP contribution < -0.4 is 15.4 Å². The number of amides is 1. The minimum atomic E-state index is -0.366. The molecule has 4 aromatic rings. The van der Waals surface area contributed by atoms with Gasteiger partial charge in [0.15, 0.2) is 23.1 Å². The number of Topliss-reactive ketones (excluding diaryl/α,β-unsaturated/α-hetero) is 2. The number of hydrogen-bond donors (Lipinski definition) is 2. The number of carbonyl (C=O) groups excluding carboxylic acids is 3. The van der Waals surface area contributed by atoms with Crippen molar-refractivity contribution < 1.29 is 19.1 Å². The van der Waals surface area contributed by atoms with Crippen LogP contribution >= 0.6 is 0 Å². The maximum absolute atomic E-state index is 13.1. The second kappa shape index (κ2) is 9.37. The number of ketones is 2. The molecular weight excluding hydrogens is 484 g/mol. The minimum absolute atomic E-state index is 0.0310. The number of nitrogens with zero attached hydrogens (tertiary/aromatic N) is 4. The number of nitrogens with one attached hydrogen (secondary N) is 2. The highest BCUT2D eigenvalue weighted by Gasteiger charge is 2.26. The molecule has 2 aromatic heterocycles. The van der Waals surface area contributed by atoms with E-state index in [2.05, 4.69) is 25.7 Å². The lowest BCUT2D eigenvalue weighted by Gasteiger charge is -2.17. The van der Waals surface area contributed by atoms with Crippen LogP contribution in [0.3, 0.4) is 0 Å². The zero-order valence-corrected chi connectivity index (χ0v) is 21.1. The third-order valence-corrected chi connectivity index (χ3v) is 7.13. The molecule has 10 heteroatoms. The van der Waals surface area contributed by atoms with E-state index in [1.165, 1.54) is 6.33 Å². The zero-order chi connectivity index (χ0) is 26.4. The van der Waals surface area contributed by atoms with E-state index in [0.717, 1.165) is 40.7 Å². The van der Waals surface area contributed by atoms with E-state index in [1.54, 1.807) is 18.7 Å². The van der Waals surface area contributed by atoms with Crippen molar-refractivity contribution in [1.82, 2.24) is 25.1 Å². The van der Waals surface area contributed by atoms with E-state index in [4.69, 9.17) is 4.74 Å². The van der Waals surface area contributed by atoms with Gasteiger partial charge in [-0.15, -0.1) is 0 Å². The van der Waals surface area contributed by atoms with E-state index in [-0.39, 0.29) is 42.4 Å². The van der Waals surface area contributed by atoms with Gasteiger partial charge in [0.1, 0.15) is 29.7 Å². The van der Waals surface area contributed by atoms with Gasteiger partial charge in [-0.25, -0.2) is 9.97 Å².